The van der Waals surface area contributed by atoms with E-state index in [-0.39, 0.29) is 11.3 Å². The first-order valence-corrected chi connectivity index (χ1v) is 7.55. The summed E-state index contributed by atoms with van der Waals surface area (Å²) in [4.78, 5) is 11.6. The van der Waals surface area contributed by atoms with Crippen molar-refractivity contribution in [1.29, 1.82) is 0 Å². The van der Waals surface area contributed by atoms with Crippen molar-refractivity contribution < 1.29 is 9.90 Å². The Bertz CT molecular complexity index is 392. The Labute approximate surface area is 119 Å². The smallest absolute Gasteiger partial charge is 0.322 e. The number of carboxylic acids is 1. The molecule has 2 N–H and O–H groups in total. The van der Waals surface area contributed by atoms with Crippen LogP contribution in [0.3, 0.4) is 0 Å². The van der Waals surface area contributed by atoms with Crippen LogP contribution in [0.15, 0.2) is 30.3 Å². The molecule has 1 aromatic carbocycles. The van der Waals surface area contributed by atoms with E-state index in [4.69, 9.17) is 0 Å². The van der Waals surface area contributed by atoms with Crippen LogP contribution in [0.2, 0.25) is 0 Å². The second kappa shape index (κ2) is 7.56. The van der Waals surface area contributed by atoms with E-state index in [0.717, 1.165) is 5.56 Å². The molecule has 0 aliphatic carbocycles. The van der Waals surface area contributed by atoms with E-state index in [1.54, 1.807) is 11.8 Å². The first-order chi connectivity index (χ1) is 8.91. The number of carbonyl (C=O) groups is 1. The maximum absolute atomic E-state index is 11.6. The molecular weight excluding hydrogens is 258 g/mol. The van der Waals surface area contributed by atoms with Crippen molar-refractivity contribution in [3.05, 3.63) is 35.9 Å². The van der Waals surface area contributed by atoms with Gasteiger partial charge in [0.15, 0.2) is 0 Å². The fraction of sp³-hybridized carbons (Fsp3) is 0.533. The molecule has 0 radical (unpaired) electrons. The molecule has 0 amide bonds. The Kier molecular flexibility index (Phi) is 6.38. The summed E-state index contributed by atoms with van der Waals surface area (Å²) < 4.78 is 0. The van der Waals surface area contributed by atoms with Crippen LogP contribution in [0.1, 0.15) is 38.5 Å². The fourth-order valence-corrected chi connectivity index (χ4v) is 3.19. The van der Waals surface area contributed by atoms with Crippen molar-refractivity contribution in [3.8, 4) is 0 Å². The molecule has 4 heteroatoms. The number of rotatable bonds is 7. The number of nitrogens with one attached hydrogen (secondary N) is 1. The van der Waals surface area contributed by atoms with E-state index in [1.165, 1.54) is 0 Å². The van der Waals surface area contributed by atoms with E-state index in [0.29, 0.717) is 5.25 Å². The lowest BCUT2D eigenvalue weighted by molar-refractivity contribution is -0.139. The van der Waals surface area contributed by atoms with Gasteiger partial charge in [-0.25, -0.2) is 0 Å². The number of carboxylic acid groups (broad SMARTS) is 1. The molecule has 3 nitrogen and oxygen atoms in total. The topological polar surface area (TPSA) is 49.3 Å². The quantitative estimate of drug-likeness (QED) is 0.805. The SMILES string of the molecule is CC(C)NC(C(=O)O)C(SC(C)C)c1ccccc1. The van der Waals surface area contributed by atoms with Gasteiger partial charge in [0.25, 0.3) is 0 Å². The minimum atomic E-state index is -0.796. The van der Waals surface area contributed by atoms with Gasteiger partial charge in [-0.3, -0.25) is 4.79 Å². The van der Waals surface area contributed by atoms with Gasteiger partial charge in [0.1, 0.15) is 6.04 Å². The molecule has 19 heavy (non-hydrogen) atoms. The van der Waals surface area contributed by atoms with Crippen LogP contribution in [-0.2, 0) is 4.79 Å². The van der Waals surface area contributed by atoms with Crippen molar-refractivity contribution in [2.75, 3.05) is 0 Å². The summed E-state index contributed by atoms with van der Waals surface area (Å²) in [6.07, 6.45) is 0. The second-order valence-electron chi connectivity index (χ2n) is 5.15. The second-order valence-corrected chi connectivity index (χ2v) is 6.88. The normalized spacial score (nSPS) is 14.6. The molecule has 1 rings (SSSR count). The minimum Gasteiger partial charge on any atom is -0.480 e. The summed E-state index contributed by atoms with van der Waals surface area (Å²) in [5, 5.41) is 12.9. The summed E-state index contributed by atoms with van der Waals surface area (Å²) in [6, 6.07) is 9.42. The molecule has 0 saturated carbocycles. The van der Waals surface area contributed by atoms with E-state index >= 15 is 0 Å². The average Bonchev–Trinajstić information content (AvgIpc) is 2.33. The predicted octanol–water partition coefficient (Wildman–Crippen LogP) is 3.32. The van der Waals surface area contributed by atoms with E-state index in [1.807, 2.05) is 44.2 Å². The van der Waals surface area contributed by atoms with Crippen molar-refractivity contribution in [3.63, 3.8) is 0 Å². The molecule has 0 bridgehead atoms. The molecule has 1 aromatic rings. The molecule has 0 fully saturated rings. The fourth-order valence-electron chi connectivity index (χ4n) is 1.93. The van der Waals surface area contributed by atoms with Crippen LogP contribution in [0, 0.1) is 0 Å². The highest BCUT2D eigenvalue weighted by Gasteiger charge is 2.30. The Morgan fingerprint density at radius 1 is 1.16 bits per heavy atom. The average molecular weight is 281 g/mol. The lowest BCUT2D eigenvalue weighted by atomic mass is 10.0. The summed E-state index contributed by atoms with van der Waals surface area (Å²) >= 11 is 1.69. The molecule has 0 aliphatic rings. The molecule has 0 saturated heterocycles. The summed E-state index contributed by atoms with van der Waals surface area (Å²) in [5.74, 6) is -0.796. The first kappa shape index (κ1) is 16.1. The van der Waals surface area contributed by atoms with E-state index in [9.17, 15) is 9.90 Å². The van der Waals surface area contributed by atoms with Crippen molar-refractivity contribution >= 4 is 17.7 Å². The maximum Gasteiger partial charge on any atom is 0.322 e. The first-order valence-electron chi connectivity index (χ1n) is 6.61. The number of thioether (sulfide) groups is 1. The number of hydrogen-bond donors (Lipinski definition) is 2. The Balaban J connectivity index is 3.03. The monoisotopic (exact) mass is 281 g/mol. The van der Waals surface area contributed by atoms with Gasteiger partial charge in [0.05, 0.1) is 5.25 Å². The molecule has 106 valence electrons. The van der Waals surface area contributed by atoms with Crippen molar-refractivity contribution in [2.45, 2.75) is 50.3 Å². The van der Waals surface area contributed by atoms with Crippen LogP contribution in [-0.4, -0.2) is 28.4 Å². The van der Waals surface area contributed by atoms with Crippen LogP contribution < -0.4 is 5.32 Å². The standard InChI is InChI=1S/C15H23NO2S/c1-10(2)16-13(15(17)18)14(19-11(3)4)12-8-6-5-7-9-12/h5-11,13-14,16H,1-4H3,(H,17,18). The lowest BCUT2D eigenvalue weighted by Crippen LogP contribution is -2.44. The van der Waals surface area contributed by atoms with E-state index in [2.05, 4.69) is 19.2 Å². The molecular formula is C15H23NO2S. The predicted molar refractivity (Wildman–Crippen MR) is 81.6 cm³/mol. The summed E-state index contributed by atoms with van der Waals surface area (Å²) in [6.45, 7) is 8.12. The van der Waals surface area contributed by atoms with Gasteiger partial charge in [-0.1, -0.05) is 58.0 Å². The van der Waals surface area contributed by atoms with Crippen molar-refractivity contribution in [2.24, 2.45) is 0 Å². The third kappa shape index (κ3) is 5.25. The summed E-state index contributed by atoms with van der Waals surface area (Å²) in [7, 11) is 0. The Hall–Kier alpha value is -1.00. The van der Waals surface area contributed by atoms with Gasteiger partial charge < -0.3 is 10.4 Å². The third-order valence-electron chi connectivity index (χ3n) is 2.63. The molecule has 0 aliphatic heterocycles. The minimum absolute atomic E-state index is 0.0823. The maximum atomic E-state index is 11.6. The van der Waals surface area contributed by atoms with Gasteiger partial charge >= 0.3 is 5.97 Å². The van der Waals surface area contributed by atoms with Crippen LogP contribution in [0.5, 0.6) is 0 Å². The molecule has 0 heterocycles. The van der Waals surface area contributed by atoms with E-state index < -0.39 is 12.0 Å². The highest BCUT2D eigenvalue weighted by Crippen LogP contribution is 2.35. The number of hydrogen-bond acceptors (Lipinski definition) is 3. The van der Waals surface area contributed by atoms with Gasteiger partial charge in [0, 0.05) is 6.04 Å². The van der Waals surface area contributed by atoms with Crippen LogP contribution >= 0.6 is 11.8 Å². The van der Waals surface area contributed by atoms with Crippen LogP contribution in [0.25, 0.3) is 0 Å². The zero-order chi connectivity index (χ0) is 14.4. The van der Waals surface area contributed by atoms with Gasteiger partial charge in [0.2, 0.25) is 0 Å². The molecule has 0 aromatic heterocycles. The molecule has 0 spiro atoms. The summed E-state index contributed by atoms with van der Waals surface area (Å²) in [5.41, 5.74) is 1.06. The largest absolute Gasteiger partial charge is 0.480 e. The lowest BCUT2D eigenvalue weighted by Gasteiger charge is -2.28. The zero-order valence-electron chi connectivity index (χ0n) is 12.0. The van der Waals surface area contributed by atoms with Crippen LogP contribution in [0.4, 0.5) is 0 Å². The molecule has 2 unspecified atom stereocenters. The van der Waals surface area contributed by atoms with Gasteiger partial charge in [-0.05, 0) is 10.8 Å². The zero-order valence-corrected chi connectivity index (χ0v) is 12.8. The number of aliphatic carboxylic acids is 1. The number of benzene rings is 1. The highest BCUT2D eigenvalue weighted by atomic mass is 32.2. The highest BCUT2D eigenvalue weighted by molar-refractivity contribution is 8.00. The third-order valence-corrected chi connectivity index (χ3v) is 4.01. The van der Waals surface area contributed by atoms with Crippen molar-refractivity contribution in [1.82, 2.24) is 5.32 Å². The van der Waals surface area contributed by atoms with Gasteiger partial charge in [-0.2, -0.15) is 0 Å². The Morgan fingerprint density at radius 2 is 1.74 bits per heavy atom. The van der Waals surface area contributed by atoms with Gasteiger partial charge in [-0.15, -0.1) is 11.8 Å². The Morgan fingerprint density at radius 3 is 2.16 bits per heavy atom. The molecule has 2 atom stereocenters.